The van der Waals surface area contributed by atoms with Crippen LogP contribution in [0.2, 0.25) is 0 Å². The van der Waals surface area contributed by atoms with E-state index in [-0.39, 0.29) is 18.2 Å². The Morgan fingerprint density at radius 1 is 1.29 bits per heavy atom. The molecule has 0 saturated carbocycles. The topological polar surface area (TPSA) is 136 Å². The van der Waals surface area contributed by atoms with Gasteiger partial charge >= 0.3 is 11.1 Å². The first-order chi connectivity index (χ1) is 13.6. The molecule has 0 unspecified atom stereocenters. The molecule has 0 fully saturated rings. The maximum absolute atomic E-state index is 11.9. The second-order valence-electron chi connectivity index (χ2n) is 5.91. The Balaban J connectivity index is 1.59. The van der Waals surface area contributed by atoms with Gasteiger partial charge in [-0.15, -0.1) is 0 Å². The second-order valence-corrected chi connectivity index (χ2v) is 5.91. The maximum atomic E-state index is 11.9. The summed E-state index contributed by atoms with van der Waals surface area (Å²) in [6, 6.07) is 8.25. The Hall–Kier alpha value is -3.95. The maximum Gasteiger partial charge on any atom is 0.316 e. The number of rotatable bonds is 5. The third kappa shape index (κ3) is 3.11. The van der Waals surface area contributed by atoms with Crippen LogP contribution in [0.5, 0.6) is 0 Å². The van der Waals surface area contributed by atoms with Gasteiger partial charge in [-0.25, -0.2) is 0 Å². The molecule has 10 heteroatoms. The van der Waals surface area contributed by atoms with E-state index in [1.54, 1.807) is 37.3 Å². The van der Waals surface area contributed by atoms with Crippen LogP contribution in [0.3, 0.4) is 0 Å². The summed E-state index contributed by atoms with van der Waals surface area (Å²) in [6.07, 6.45) is 1.40. The van der Waals surface area contributed by atoms with E-state index in [1.807, 2.05) is 0 Å². The number of aromatic amines is 1. The lowest BCUT2D eigenvalue weighted by atomic mass is 10.2. The third-order valence-corrected chi connectivity index (χ3v) is 4.16. The first-order valence-electron chi connectivity index (χ1n) is 8.48. The summed E-state index contributed by atoms with van der Waals surface area (Å²) in [7, 11) is 0. The lowest BCUT2D eigenvalue weighted by molar-refractivity contribution is 0.0918. The molecular weight excluding hydrogens is 366 g/mol. The van der Waals surface area contributed by atoms with E-state index in [9.17, 15) is 14.4 Å². The number of aromatic nitrogens is 4. The summed E-state index contributed by atoms with van der Waals surface area (Å²) in [6.45, 7) is 2.20. The second kappa shape index (κ2) is 6.99. The normalized spacial score (nSPS) is 11.0. The standard InChI is InChI=1S/C18H15N5O5/c1-2-23-12-6-5-10(8-11(12)20-17(25)18(23)26)15-21-14(28-22-15)9-19-16(24)13-4-3-7-27-13/h3-8H,2,9H2,1H3,(H,19,24)(H,20,25). The molecule has 4 aromatic rings. The van der Waals surface area contributed by atoms with Crippen LogP contribution in [-0.2, 0) is 13.1 Å². The monoisotopic (exact) mass is 381 g/mol. The van der Waals surface area contributed by atoms with Gasteiger partial charge in [0.2, 0.25) is 11.7 Å². The minimum absolute atomic E-state index is 0.0341. The van der Waals surface area contributed by atoms with Gasteiger partial charge in [-0.05, 0) is 37.3 Å². The number of carbonyl (C=O) groups is 1. The van der Waals surface area contributed by atoms with Gasteiger partial charge in [0.05, 0.1) is 23.8 Å². The number of furan rings is 1. The molecule has 0 radical (unpaired) electrons. The van der Waals surface area contributed by atoms with Crippen molar-refractivity contribution in [3.63, 3.8) is 0 Å². The summed E-state index contributed by atoms with van der Waals surface area (Å²) >= 11 is 0. The van der Waals surface area contributed by atoms with E-state index in [2.05, 4.69) is 20.4 Å². The van der Waals surface area contributed by atoms with Gasteiger partial charge in [0, 0.05) is 12.1 Å². The number of H-pyrrole nitrogens is 1. The zero-order valence-electron chi connectivity index (χ0n) is 14.8. The Morgan fingerprint density at radius 3 is 2.89 bits per heavy atom. The molecule has 0 aliphatic rings. The third-order valence-electron chi connectivity index (χ3n) is 4.16. The zero-order valence-corrected chi connectivity index (χ0v) is 14.8. The van der Waals surface area contributed by atoms with Crippen LogP contribution in [-0.4, -0.2) is 25.6 Å². The van der Waals surface area contributed by atoms with Gasteiger partial charge in [-0.1, -0.05) is 5.16 Å². The summed E-state index contributed by atoms with van der Waals surface area (Å²) in [5, 5.41) is 6.51. The van der Waals surface area contributed by atoms with Crippen LogP contribution >= 0.6 is 0 Å². The number of benzene rings is 1. The van der Waals surface area contributed by atoms with Crippen LogP contribution < -0.4 is 16.4 Å². The number of fused-ring (bicyclic) bond motifs is 1. The Labute approximate surface area is 156 Å². The van der Waals surface area contributed by atoms with E-state index in [0.29, 0.717) is 29.0 Å². The van der Waals surface area contributed by atoms with Crippen molar-refractivity contribution < 1.29 is 13.7 Å². The number of hydrogen-bond donors (Lipinski definition) is 2. The van der Waals surface area contributed by atoms with Crippen molar-refractivity contribution in [3.05, 3.63) is 69.0 Å². The van der Waals surface area contributed by atoms with Gasteiger partial charge < -0.3 is 23.8 Å². The van der Waals surface area contributed by atoms with Crippen LogP contribution in [0.25, 0.3) is 22.4 Å². The molecule has 0 spiro atoms. The molecule has 1 aromatic carbocycles. The van der Waals surface area contributed by atoms with Crippen LogP contribution in [0.15, 0.2) is 55.1 Å². The smallest absolute Gasteiger partial charge is 0.316 e. The predicted octanol–water partition coefficient (Wildman–Crippen LogP) is 1.28. The van der Waals surface area contributed by atoms with Crippen molar-refractivity contribution in [2.24, 2.45) is 0 Å². The quantitative estimate of drug-likeness (QED) is 0.497. The number of aryl methyl sites for hydroxylation is 1. The fourth-order valence-corrected chi connectivity index (χ4v) is 2.83. The number of hydrogen-bond acceptors (Lipinski definition) is 7. The molecule has 3 heterocycles. The molecule has 3 aromatic heterocycles. The predicted molar refractivity (Wildman–Crippen MR) is 97.7 cm³/mol. The van der Waals surface area contributed by atoms with Gasteiger partial charge in [0.25, 0.3) is 5.91 Å². The highest BCUT2D eigenvalue weighted by molar-refractivity contribution is 5.91. The fraction of sp³-hybridized carbons (Fsp3) is 0.167. The van der Waals surface area contributed by atoms with Crippen molar-refractivity contribution in [1.82, 2.24) is 25.0 Å². The number of nitrogens with zero attached hydrogens (tertiary/aromatic N) is 3. The first-order valence-corrected chi connectivity index (χ1v) is 8.48. The first kappa shape index (κ1) is 17.5. The van der Waals surface area contributed by atoms with Crippen molar-refractivity contribution in [1.29, 1.82) is 0 Å². The van der Waals surface area contributed by atoms with Crippen LogP contribution in [0, 0.1) is 0 Å². The Kier molecular flexibility index (Phi) is 4.36. The minimum Gasteiger partial charge on any atom is -0.459 e. The van der Waals surface area contributed by atoms with Gasteiger partial charge in [-0.3, -0.25) is 14.4 Å². The lowest BCUT2D eigenvalue weighted by Crippen LogP contribution is -2.35. The van der Waals surface area contributed by atoms with Gasteiger partial charge in [0.15, 0.2) is 5.76 Å². The average molecular weight is 381 g/mol. The van der Waals surface area contributed by atoms with Gasteiger partial charge in [0.1, 0.15) is 0 Å². The van der Waals surface area contributed by atoms with E-state index in [4.69, 9.17) is 8.94 Å². The van der Waals surface area contributed by atoms with E-state index in [1.165, 1.54) is 10.8 Å². The molecule has 0 saturated heterocycles. The molecule has 2 N–H and O–H groups in total. The number of amides is 1. The minimum atomic E-state index is -0.694. The molecule has 0 aliphatic carbocycles. The molecule has 1 amide bonds. The van der Waals surface area contributed by atoms with E-state index in [0.717, 1.165) is 0 Å². The summed E-state index contributed by atoms with van der Waals surface area (Å²) in [4.78, 5) is 42.4. The average Bonchev–Trinajstić information content (AvgIpc) is 3.39. The van der Waals surface area contributed by atoms with Crippen molar-refractivity contribution in [2.45, 2.75) is 20.0 Å². The number of nitrogens with one attached hydrogen (secondary N) is 2. The molecule has 0 bridgehead atoms. The van der Waals surface area contributed by atoms with Crippen molar-refractivity contribution in [2.75, 3.05) is 0 Å². The van der Waals surface area contributed by atoms with Crippen molar-refractivity contribution in [3.8, 4) is 11.4 Å². The zero-order chi connectivity index (χ0) is 19.7. The van der Waals surface area contributed by atoms with E-state index >= 15 is 0 Å². The summed E-state index contributed by atoms with van der Waals surface area (Å²) in [5.74, 6) is 0.284. The lowest BCUT2D eigenvalue weighted by Gasteiger charge is -2.07. The molecule has 0 aliphatic heterocycles. The van der Waals surface area contributed by atoms with Gasteiger partial charge in [-0.2, -0.15) is 4.98 Å². The van der Waals surface area contributed by atoms with Crippen molar-refractivity contribution >= 4 is 16.9 Å². The Bertz CT molecular complexity index is 1270. The molecule has 4 rings (SSSR count). The molecular formula is C18H15N5O5. The molecule has 142 valence electrons. The molecule has 0 atom stereocenters. The highest BCUT2D eigenvalue weighted by Gasteiger charge is 2.14. The van der Waals surface area contributed by atoms with E-state index < -0.39 is 17.0 Å². The summed E-state index contributed by atoms with van der Waals surface area (Å²) in [5.41, 5.74) is 0.390. The molecule has 10 nitrogen and oxygen atoms in total. The highest BCUT2D eigenvalue weighted by Crippen LogP contribution is 2.20. The largest absolute Gasteiger partial charge is 0.459 e. The van der Waals surface area contributed by atoms with Crippen LogP contribution in [0.1, 0.15) is 23.4 Å². The number of carbonyl (C=O) groups excluding carboxylic acids is 1. The fourth-order valence-electron chi connectivity index (χ4n) is 2.83. The highest BCUT2D eigenvalue weighted by atomic mass is 16.5. The molecule has 28 heavy (non-hydrogen) atoms. The SMILES string of the molecule is CCn1c(=O)c(=O)[nH]c2cc(-c3noc(CNC(=O)c4ccco4)n3)ccc21. The summed E-state index contributed by atoms with van der Waals surface area (Å²) < 4.78 is 11.5. The Morgan fingerprint density at radius 2 is 2.14 bits per heavy atom. The van der Waals surface area contributed by atoms with Crippen LogP contribution in [0.4, 0.5) is 0 Å².